The molecule has 2 aliphatic rings. The molecule has 1 fully saturated rings. The number of Topliss-reactive ketones (excluding diaryl/α,β-unsaturated/α-hetero) is 1. The molecule has 0 bridgehead atoms. The van der Waals surface area contributed by atoms with Crippen LogP contribution in [0.5, 0.6) is 0 Å². The topological polar surface area (TPSA) is 17.1 Å². The second kappa shape index (κ2) is 6.08. The van der Waals surface area contributed by atoms with Gasteiger partial charge in [0.2, 0.25) is 0 Å². The maximum atomic E-state index is 13.3. The van der Waals surface area contributed by atoms with Gasteiger partial charge in [-0.25, -0.2) is 8.78 Å². The predicted octanol–water partition coefficient (Wildman–Crippen LogP) is 4.91. The molecule has 2 atom stereocenters. The summed E-state index contributed by atoms with van der Waals surface area (Å²) in [5, 5.41) is 0. The minimum absolute atomic E-state index is 0.209. The Morgan fingerprint density at radius 1 is 0.952 bits per heavy atom. The van der Waals surface area contributed by atoms with E-state index in [2.05, 4.69) is 6.08 Å². The van der Waals surface area contributed by atoms with Gasteiger partial charge in [-0.15, -0.1) is 0 Å². The van der Waals surface area contributed by atoms with E-state index in [1.165, 1.54) is 12.1 Å². The third kappa shape index (κ3) is 3.22. The fourth-order valence-electron chi connectivity index (χ4n) is 3.73. The van der Waals surface area contributed by atoms with E-state index in [-0.39, 0.29) is 5.92 Å². The highest BCUT2D eigenvalue weighted by molar-refractivity contribution is 5.82. The number of allylic oxidation sites excluding steroid dienone is 2. The van der Waals surface area contributed by atoms with Crippen molar-refractivity contribution in [3.05, 3.63) is 41.5 Å². The minimum atomic E-state index is -0.532. The van der Waals surface area contributed by atoms with Crippen LogP contribution in [0.2, 0.25) is 0 Å². The predicted molar refractivity (Wildman–Crippen MR) is 78.6 cm³/mol. The third-order valence-corrected chi connectivity index (χ3v) is 4.86. The molecule has 0 N–H and O–H groups in total. The number of carbonyl (C=O) groups is 1. The molecule has 1 saturated carbocycles. The van der Waals surface area contributed by atoms with Crippen molar-refractivity contribution in [2.45, 2.75) is 44.9 Å². The van der Waals surface area contributed by atoms with Crippen LogP contribution in [0.15, 0.2) is 24.3 Å². The Balaban J connectivity index is 1.73. The molecule has 0 aromatic heterocycles. The van der Waals surface area contributed by atoms with Crippen LogP contribution in [0.1, 0.15) is 50.5 Å². The lowest BCUT2D eigenvalue weighted by Gasteiger charge is -2.31. The SMILES string of the molecule is O=C1CCCCC1C1CC=C(c2cc(F)cc(F)c2)CC1. The highest BCUT2D eigenvalue weighted by atomic mass is 19.1. The number of halogens is 2. The van der Waals surface area contributed by atoms with Crippen molar-refractivity contribution in [3.63, 3.8) is 0 Å². The van der Waals surface area contributed by atoms with E-state index >= 15 is 0 Å². The van der Waals surface area contributed by atoms with E-state index in [1.54, 1.807) is 0 Å². The maximum absolute atomic E-state index is 13.3. The molecule has 3 heteroatoms. The van der Waals surface area contributed by atoms with Crippen molar-refractivity contribution in [3.8, 4) is 0 Å². The van der Waals surface area contributed by atoms with Gasteiger partial charge in [0.1, 0.15) is 17.4 Å². The van der Waals surface area contributed by atoms with Crippen molar-refractivity contribution in [2.75, 3.05) is 0 Å². The van der Waals surface area contributed by atoms with Gasteiger partial charge in [0.15, 0.2) is 0 Å². The Kier molecular flexibility index (Phi) is 4.18. The van der Waals surface area contributed by atoms with Crippen molar-refractivity contribution >= 4 is 11.4 Å². The molecular weight excluding hydrogens is 270 g/mol. The van der Waals surface area contributed by atoms with E-state index < -0.39 is 11.6 Å². The maximum Gasteiger partial charge on any atom is 0.136 e. The van der Waals surface area contributed by atoms with Gasteiger partial charge in [0.05, 0.1) is 0 Å². The number of hydrogen-bond donors (Lipinski definition) is 0. The van der Waals surface area contributed by atoms with Gasteiger partial charge in [-0.05, 0) is 61.3 Å². The third-order valence-electron chi connectivity index (χ3n) is 4.86. The largest absolute Gasteiger partial charge is 0.299 e. The van der Waals surface area contributed by atoms with E-state index in [1.807, 2.05) is 0 Å². The number of ketones is 1. The van der Waals surface area contributed by atoms with Crippen LogP contribution in [-0.4, -0.2) is 5.78 Å². The standard InChI is InChI=1S/C18H20F2O/c19-15-9-14(10-16(20)11-15)12-5-7-13(8-6-12)17-3-1-2-4-18(17)21/h5,9-11,13,17H,1-4,6-8H2. The summed E-state index contributed by atoms with van der Waals surface area (Å²) in [6.07, 6.45) is 8.60. The Morgan fingerprint density at radius 2 is 1.71 bits per heavy atom. The summed E-state index contributed by atoms with van der Waals surface area (Å²) < 4.78 is 26.6. The molecule has 0 heterocycles. The summed E-state index contributed by atoms with van der Waals surface area (Å²) in [4.78, 5) is 12.0. The van der Waals surface area contributed by atoms with Gasteiger partial charge < -0.3 is 0 Å². The van der Waals surface area contributed by atoms with Crippen LogP contribution in [-0.2, 0) is 4.79 Å². The smallest absolute Gasteiger partial charge is 0.136 e. The van der Waals surface area contributed by atoms with E-state index in [0.29, 0.717) is 17.3 Å². The zero-order chi connectivity index (χ0) is 14.8. The second-order valence-corrected chi connectivity index (χ2v) is 6.24. The summed E-state index contributed by atoms with van der Waals surface area (Å²) >= 11 is 0. The van der Waals surface area contributed by atoms with Crippen LogP contribution in [0.3, 0.4) is 0 Å². The lowest BCUT2D eigenvalue weighted by atomic mass is 9.73. The van der Waals surface area contributed by atoms with Gasteiger partial charge in [0.25, 0.3) is 0 Å². The first-order valence-corrected chi connectivity index (χ1v) is 7.81. The fourth-order valence-corrected chi connectivity index (χ4v) is 3.73. The first kappa shape index (κ1) is 14.4. The molecule has 0 saturated heterocycles. The normalized spacial score (nSPS) is 26.6. The van der Waals surface area contributed by atoms with Crippen molar-refractivity contribution in [1.82, 2.24) is 0 Å². The molecule has 0 aliphatic heterocycles. The number of carbonyl (C=O) groups excluding carboxylic acids is 1. The Bertz CT molecular complexity index is 556. The minimum Gasteiger partial charge on any atom is -0.299 e. The Hall–Kier alpha value is -1.51. The monoisotopic (exact) mass is 290 g/mol. The molecule has 1 nitrogen and oxygen atoms in total. The van der Waals surface area contributed by atoms with Gasteiger partial charge in [-0.2, -0.15) is 0 Å². The highest BCUT2D eigenvalue weighted by Crippen LogP contribution is 2.38. The first-order valence-electron chi connectivity index (χ1n) is 7.81. The molecule has 2 aliphatic carbocycles. The lowest BCUT2D eigenvalue weighted by molar-refractivity contribution is -0.126. The molecule has 21 heavy (non-hydrogen) atoms. The molecule has 112 valence electrons. The van der Waals surface area contributed by atoms with Crippen LogP contribution in [0, 0.1) is 23.5 Å². The molecular formula is C18H20F2O. The number of hydrogen-bond acceptors (Lipinski definition) is 1. The van der Waals surface area contributed by atoms with Crippen LogP contribution in [0.4, 0.5) is 8.78 Å². The van der Waals surface area contributed by atoms with Gasteiger partial charge >= 0.3 is 0 Å². The summed E-state index contributed by atoms with van der Waals surface area (Å²) in [6, 6.07) is 3.68. The molecule has 0 amide bonds. The summed E-state index contributed by atoms with van der Waals surface area (Å²) in [6.45, 7) is 0. The second-order valence-electron chi connectivity index (χ2n) is 6.24. The molecule has 3 rings (SSSR count). The average Bonchev–Trinajstić information content (AvgIpc) is 2.47. The number of benzene rings is 1. The number of rotatable bonds is 2. The zero-order valence-corrected chi connectivity index (χ0v) is 12.1. The zero-order valence-electron chi connectivity index (χ0n) is 12.1. The molecule has 1 aromatic carbocycles. The van der Waals surface area contributed by atoms with Crippen molar-refractivity contribution in [2.24, 2.45) is 11.8 Å². The summed E-state index contributed by atoms with van der Waals surface area (Å²) in [5.41, 5.74) is 1.65. The van der Waals surface area contributed by atoms with E-state index in [4.69, 9.17) is 0 Å². The lowest BCUT2D eigenvalue weighted by Crippen LogP contribution is -2.28. The van der Waals surface area contributed by atoms with Gasteiger partial charge in [0, 0.05) is 18.4 Å². The molecule has 0 spiro atoms. The summed E-state index contributed by atoms with van der Waals surface area (Å²) in [5.74, 6) is -0.0217. The quantitative estimate of drug-likeness (QED) is 0.756. The van der Waals surface area contributed by atoms with E-state index in [9.17, 15) is 13.6 Å². The van der Waals surface area contributed by atoms with E-state index in [0.717, 1.165) is 56.6 Å². The fraction of sp³-hybridized carbons (Fsp3) is 0.500. The molecule has 2 unspecified atom stereocenters. The van der Waals surface area contributed by atoms with Crippen LogP contribution in [0.25, 0.3) is 5.57 Å². The van der Waals surface area contributed by atoms with Crippen LogP contribution >= 0.6 is 0 Å². The summed E-state index contributed by atoms with van der Waals surface area (Å²) in [7, 11) is 0. The van der Waals surface area contributed by atoms with Crippen molar-refractivity contribution < 1.29 is 13.6 Å². The molecule has 1 aromatic rings. The Morgan fingerprint density at radius 3 is 2.33 bits per heavy atom. The van der Waals surface area contributed by atoms with Gasteiger partial charge in [-0.3, -0.25) is 4.79 Å². The Labute approximate surface area is 124 Å². The molecule has 0 radical (unpaired) electrons. The highest BCUT2D eigenvalue weighted by Gasteiger charge is 2.31. The van der Waals surface area contributed by atoms with Crippen LogP contribution < -0.4 is 0 Å². The van der Waals surface area contributed by atoms with Gasteiger partial charge in [-0.1, -0.05) is 12.5 Å². The average molecular weight is 290 g/mol. The van der Waals surface area contributed by atoms with Crippen molar-refractivity contribution in [1.29, 1.82) is 0 Å². The first-order chi connectivity index (χ1) is 10.1.